The van der Waals surface area contributed by atoms with Crippen LogP contribution in [0.3, 0.4) is 0 Å². The number of rotatable bonds is 1. The van der Waals surface area contributed by atoms with E-state index in [-0.39, 0.29) is 5.69 Å². The molecule has 0 amide bonds. The van der Waals surface area contributed by atoms with Gasteiger partial charge in [-0.2, -0.15) is 11.8 Å². The minimum absolute atomic E-state index is 0.0225. The van der Waals surface area contributed by atoms with Gasteiger partial charge in [0.2, 0.25) is 0 Å². The van der Waals surface area contributed by atoms with Crippen LogP contribution in [0.1, 0.15) is 13.0 Å². The number of thioether (sulfide) groups is 1. The van der Waals surface area contributed by atoms with E-state index in [9.17, 15) is 4.79 Å². The molecule has 1 fully saturated rings. The summed E-state index contributed by atoms with van der Waals surface area (Å²) in [6.07, 6.45) is 3.55. The molecule has 2 atom stereocenters. The number of aromatic nitrogens is 2. The summed E-state index contributed by atoms with van der Waals surface area (Å²) in [5, 5.41) is 0. The highest BCUT2D eigenvalue weighted by Crippen LogP contribution is 2.31. The van der Waals surface area contributed by atoms with Crippen molar-refractivity contribution in [2.24, 2.45) is 5.92 Å². The average molecular weight is 184 g/mol. The van der Waals surface area contributed by atoms with E-state index in [0.29, 0.717) is 12.0 Å². The second-order valence-corrected chi connectivity index (χ2v) is 4.33. The number of hydrogen-bond donors (Lipinski definition) is 1. The Balaban J connectivity index is 2.30. The van der Waals surface area contributed by atoms with Gasteiger partial charge in [0, 0.05) is 18.1 Å². The molecule has 0 radical (unpaired) electrons. The van der Waals surface area contributed by atoms with Crippen LogP contribution in [0.2, 0.25) is 0 Å². The first-order valence-corrected chi connectivity index (χ1v) is 5.28. The molecule has 0 aliphatic carbocycles. The van der Waals surface area contributed by atoms with E-state index in [1.807, 2.05) is 22.5 Å². The normalized spacial score (nSPS) is 29.4. The smallest absolute Gasteiger partial charge is 0.313 e. The van der Waals surface area contributed by atoms with Gasteiger partial charge in [0.05, 0.1) is 6.04 Å². The summed E-state index contributed by atoms with van der Waals surface area (Å²) < 4.78 is 1.81. The Morgan fingerprint density at radius 2 is 2.50 bits per heavy atom. The Morgan fingerprint density at radius 3 is 3.00 bits per heavy atom. The Morgan fingerprint density at radius 1 is 1.67 bits per heavy atom. The summed E-state index contributed by atoms with van der Waals surface area (Å²) >= 11 is 1.92. The predicted octanol–water partition coefficient (Wildman–Crippen LogP) is 1.10. The predicted molar refractivity (Wildman–Crippen MR) is 50.6 cm³/mol. The standard InChI is InChI=1S/C8H12N2OS/c1-6-4-12-5-7(6)10-3-2-9-8(10)11/h2-3,6-7H,4-5H2,1H3,(H,9,11). The number of hydrogen-bond acceptors (Lipinski definition) is 2. The molecule has 2 heterocycles. The van der Waals surface area contributed by atoms with E-state index in [4.69, 9.17) is 0 Å². The van der Waals surface area contributed by atoms with Gasteiger partial charge in [0.1, 0.15) is 0 Å². The number of nitrogens with zero attached hydrogens (tertiary/aromatic N) is 1. The largest absolute Gasteiger partial charge is 0.325 e. The van der Waals surface area contributed by atoms with Gasteiger partial charge in [-0.15, -0.1) is 0 Å². The Hall–Kier alpha value is -0.640. The van der Waals surface area contributed by atoms with Crippen molar-refractivity contribution >= 4 is 11.8 Å². The van der Waals surface area contributed by atoms with E-state index in [1.165, 1.54) is 5.75 Å². The average Bonchev–Trinajstić information content (AvgIpc) is 2.59. The molecule has 0 bridgehead atoms. The van der Waals surface area contributed by atoms with Crippen LogP contribution in [-0.4, -0.2) is 21.1 Å². The van der Waals surface area contributed by atoms with Crippen LogP contribution in [0.25, 0.3) is 0 Å². The Kier molecular flexibility index (Phi) is 2.00. The summed E-state index contributed by atoms with van der Waals surface area (Å²) in [7, 11) is 0. The molecular weight excluding hydrogens is 172 g/mol. The third-order valence-corrected chi connectivity index (χ3v) is 3.70. The van der Waals surface area contributed by atoms with Crippen LogP contribution in [0.15, 0.2) is 17.2 Å². The van der Waals surface area contributed by atoms with Crippen molar-refractivity contribution in [3.8, 4) is 0 Å². The molecule has 0 saturated carbocycles. The van der Waals surface area contributed by atoms with Crippen LogP contribution in [0.4, 0.5) is 0 Å². The van der Waals surface area contributed by atoms with Gasteiger partial charge in [0.15, 0.2) is 0 Å². The SMILES string of the molecule is CC1CSCC1n1cc[nH]c1=O. The molecule has 1 N–H and O–H groups in total. The first-order chi connectivity index (χ1) is 5.79. The van der Waals surface area contributed by atoms with Crippen molar-refractivity contribution in [1.29, 1.82) is 0 Å². The van der Waals surface area contributed by atoms with Gasteiger partial charge < -0.3 is 4.98 Å². The molecule has 12 heavy (non-hydrogen) atoms. The quantitative estimate of drug-likeness (QED) is 0.709. The molecule has 1 aliphatic rings. The van der Waals surface area contributed by atoms with Gasteiger partial charge in [-0.3, -0.25) is 4.57 Å². The van der Waals surface area contributed by atoms with Crippen LogP contribution in [0.5, 0.6) is 0 Å². The molecule has 66 valence electrons. The van der Waals surface area contributed by atoms with Crippen LogP contribution in [0, 0.1) is 5.92 Å². The Bertz CT molecular complexity index is 317. The van der Waals surface area contributed by atoms with Crippen molar-refractivity contribution in [3.05, 3.63) is 22.9 Å². The highest BCUT2D eigenvalue weighted by atomic mass is 32.2. The summed E-state index contributed by atoms with van der Waals surface area (Å²) in [6.45, 7) is 2.20. The van der Waals surface area contributed by atoms with Gasteiger partial charge >= 0.3 is 5.69 Å². The molecule has 0 spiro atoms. The van der Waals surface area contributed by atoms with Crippen LogP contribution >= 0.6 is 11.8 Å². The molecule has 2 unspecified atom stereocenters. The lowest BCUT2D eigenvalue weighted by Gasteiger charge is -2.14. The minimum atomic E-state index is 0.0225. The summed E-state index contributed by atoms with van der Waals surface area (Å²) in [5.41, 5.74) is 0.0225. The number of imidazole rings is 1. The highest BCUT2D eigenvalue weighted by Gasteiger charge is 2.25. The van der Waals surface area contributed by atoms with E-state index in [2.05, 4.69) is 11.9 Å². The second kappa shape index (κ2) is 3.01. The van der Waals surface area contributed by atoms with Crippen molar-refractivity contribution in [2.75, 3.05) is 11.5 Å². The van der Waals surface area contributed by atoms with Crippen molar-refractivity contribution in [2.45, 2.75) is 13.0 Å². The summed E-state index contributed by atoms with van der Waals surface area (Å²) in [4.78, 5) is 13.9. The number of aromatic amines is 1. The van der Waals surface area contributed by atoms with Crippen LogP contribution in [-0.2, 0) is 0 Å². The van der Waals surface area contributed by atoms with Crippen molar-refractivity contribution < 1.29 is 0 Å². The zero-order valence-corrected chi connectivity index (χ0v) is 7.80. The van der Waals surface area contributed by atoms with E-state index in [0.717, 1.165) is 5.75 Å². The zero-order chi connectivity index (χ0) is 8.55. The van der Waals surface area contributed by atoms with Gasteiger partial charge in [0.25, 0.3) is 0 Å². The van der Waals surface area contributed by atoms with E-state index < -0.39 is 0 Å². The fourth-order valence-electron chi connectivity index (χ4n) is 1.60. The fraction of sp³-hybridized carbons (Fsp3) is 0.625. The van der Waals surface area contributed by atoms with Crippen molar-refractivity contribution in [3.63, 3.8) is 0 Å². The second-order valence-electron chi connectivity index (χ2n) is 3.25. The fourth-order valence-corrected chi connectivity index (χ4v) is 3.06. The van der Waals surface area contributed by atoms with Gasteiger partial charge in [-0.25, -0.2) is 4.79 Å². The number of H-pyrrole nitrogens is 1. The van der Waals surface area contributed by atoms with Crippen LogP contribution < -0.4 is 5.69 Å². The lowest BCUT2D eigenvalue weighted by atomic mass is 10.1. The molecule has 3 nitrogen and oxygen atoms in total. The maximum atomic E-state index is 11.2. The van der Waals surface area contributed by atoms with Crippen molar-refractivity contribution in [1.82, 2.24) is 9.55 Å². The maximum Gasteiger partial charge on any atom is 0.325 e. The summed E-state index contributed by atoms with van der Waals surface area (Å²) in [6, 6.07) is 0.397. The molecule has 1 aliphatic heterocycles. The minimum Gasteiger partial charge on any atom is -0.313 e. The molecule has 1 saturated heterocycles. The topological polar surface area (TPSA) is 37.8 Å². The third-order valence-electron chi connectivity index (χ3n) is 2.36. The maximum absolute atomic E-state index is 11.2. The lowest BCUT2D eigenvalue weighted by Crippen LogP contribution is -2.25. The van der Waals surface area contributed by atoms with E-state index in [1.54, 1.807) is 6.20 Å². The first-order valence-electron chi connectivity index (χ1n) is 4.12. The molecule has 4 heteroatoms. The Labute approximate surface area is 75.2 Å². The lowest BCUT2D eigenvalue weighted by molar-refractivity contribution is 0.428. The molecule has 1 aromatic heterocycles. The zero-order valence-electron chi connectivity index (χ0n) is 6.99. The van der Waals surface area contributed by atoms with Gasteiger partial charge in [-0.05, 0) is 11.7 Å². The van der Waals surface area contributed by atoms with E-state index >= 15 is 0 Å². The molecule has 0 aromatic carbocycles. The number of nitrogens with one attached hydrogen (secondary N) is 1. The molecular formula is C8H12N2OS. The summed E-state index contributed by atoms with van der Waals surface area (Å²) in [5.74, 6) is 2.85. The molecule has 1 aromatic rings. The monoisotopic (exact) mass is 184 g/mol. The highest BCUT2D eigenvalue weighted by molar-refractivity contribution is 7.99. The molecule has 2 rings (SSSR count). The van der Waals surface area contributed by atoms with Gasteiger partial charge in [-0.1, -0.05) is 6.92 Å². The first kappa shape index (κ1) is 7.98. The third kappa shape index (κ3) is 1.20.